The van der Waals surface area contributed by atoms with E-state index in [4.69, 9.17) is 0 Å². The van der Waals surface area contributed by atoms with Crippen LogP contribution in [0.3, 0.4) is 0 Å². The van der Waals surface area contributed by atoms with Crippen molar-refractivity contribution in [2.45, 2.75) is 20.0 Å². The van der Waals surface area contributed by atoms with E-state index in [-0.39, 0.29) is 0 Å². The van der Waals surface area contributed by atoms with Gasteiger partial charge >= 0.3 is 0 Å². The molecule has 0 nitrogen and oxygen atoms in total. The van der Waals surface area contributed by atoms with Crippen molar-refractivity contribution < 1.29 is 4.39 Å². The van der Waals surface area contributed by atoms with Crippen molar-refractivity contribution in [1.82, 2.24) is 0 Å². The molecule has 0 saturated heterocycles. The van der Waals surface area contributed by atoms with Crippen LogP contribution in [0.25, 0.3) is 0 Å². The molecule has 0 aliphatic rings. The summed E-state index contributed by atoms with van der Waals surface area (Å²) in [5.41, 5.74) is 1.47. The summed E-state index contributed by atoms with van der Waals surface area (Å²) < 4.78 is 12.6. The van der Waals surface area contributed by atoms with Crippen molar-refractivity contribution in [1.29, 1.82) is 0 Å². The molecule has 0 aromatic carbocycles. The minimum atomic E-state index is -0.949. The van der Waals surface area contributed by atoms with Gasteiger partial charge in [-0.15, -0.1) is 0 Å². The van der Waals surface area contributed by atoms with E-state index >= 15 is 0 Å². The lowest BCUT2D eigenvalue weighted by atomic mass is 10.1. The molecule has 1 unspecified atom stereocenters. The lowest BCUT2D eigenvalue weighted by molar-refractivity contribution is 0.416. The summed E-state index contributed by atoms with van der Waals surface area (Å²) >= 11 is 0. The monoisotopic (exact) mass is 140 g/mol. The third-order valence-corrected chi connectivity index (χ3v) is 1.41. The summed E-state index contributed by atoms with van der Waals surface area (Å²) in [5.74, 6) is 0. The molecule has 0 saturated carbocycles. The summed E-state index contributed by atoms with van der Waals surface area (Å²) in [6.45, 7) is 10.4. The number of hydrogen-bond acceptors (Lipinski definition) is 0. The van der Waals surface area contributed by atoms with Gasteiger partial charge in [-0.05, 0) is 25.0 Å². The van der Waals surface area contributed by atoms with Gasteiger partial charge in [-0.1, -0.05) is 25.3 Å². The molecule has 0 heterocycles. The highest BCUT2D eigenvalue weighted by molar-refractivity contribution is 5.32. The molecule has 0 bridgehead atoms. The van der Waals surface area contributed by atoms with Gasteiger partial charge in [0.05, 0.1) is 0 Å². The third kappa shape index (κ3) is 2.18. The van der Waals surface area contributed by atoms with Crippen LogP contribution in [0.2, 0.25) is 0 Å². The van der Waals surface area contributed by atoms with Crippen LogP contribution in [0.1, 0.15) is 13.8 Å². The smallest absolute Gasteiger partial charge is 0.123 e. The molecular formula is C9H13F. The summed E-state index contributed by atoms with van der Waals surface area (Å²) in [5, 5.41) is 0. The highest BCUT2D eigenvalue weighted by Crippen LogP contribution is 2.13. The lowest BCUT2D eigenvalue weighted by Crippen LogP contribution is -1.97. The van der Waals surface area contributed by atoms with Crippen molar-refractivity contribution in [3.05, 3.63) is 36.5 Å². The van der Waals surface area contributed by atoms with Crippen molar-refractivity contribution in [2.75, 3.05) is 0 Å². The van der Waals surface area contributed by atoms with Crippen LogP contribution >= 0.6 is 0 Å². The number of halogens is 1. The highest BCUT2D eigenvalue weighted by atomic mass is 19.1. The van der Waals surface area contributed by atoms with Gasteiger partial charge in [0.2, 0.25) is 0 Å². The fraction of sp³-hybridized carbons (Fsp3) is 0.333. The van der Waals surface area contributed by atoms with E-state index in [1.165, 1.54) is 13.0 Å². The molecule has 56 valence electrons. The third-order valence-electron chi connectivity index (χ3n) is 1.41. The molecule has 1 heteroatoms. The van der Waals surface area contributed by atoms with E-state index in [2.05, 4.69) is 13.2 Å². The Morgan fingerprint density at radius 2 is 1.90 bits per heavy atom. The zero-order valence-corrected chi connectivity index (χ0v) is 6.52. The van der Waals surface area contributed by atoms with Gasteiger partial charge in [0.1, 0.15) is 6.17 Å². The van der Waals surface area contributed by atoms with Crippen LogP contribution in [0.4, 0.5) is 4.39 Å². The van der Waals surface area contributed by atoms with Gasteiger partial charge in [-0.2, -0.15) is 0 Å². The van der Waals surface area contributed by atoms with Gasteiger partial charge in [0.15, 0.2) is 0 Å². The van der Waals surface area contributed by atoms with Gasteiger partial charge in [0, 0.05) is 0 Å². The second-order valence-electron chi connectivity index (χ2n) is 2.16. The number of alkyl halides is 1. The lowest BCUT2D eigenvalue weighted by Gasteiger charge is -2.04. The van der Waals surface area contributed by atoms with E-state index < -0.39 is 6.17 Å². The van der Waals surface area contributed by atoms with Crippen LogP contribution in [0, 0.1) is 0 Å². The predicted octanol–water partition coefficient (Wildman–Crippen LogP) is 3.03. The Morgan fingerprint density at radius 1 is 1.40 bits per heavy atom. The van der Waals surface area contributed by atoms with E-state index in [1.54, 1.807) is 6.08 Å². The van der Waals surface area contributed by atoms with Crippen LogP contribution in [0.15, 0.2) is 36.5 Å². The quantitative estimate of drug-likeness (QED) is 0.528. The Labute approximate surface area is 61.8 Å². The first kappa shape index (κ1) is 9.15. The van der Waals surface area contributed by atoms with Crippen LogP contribution in [-0.2, 0) is 0 Å². The van der Waals surface area contributed by atoms with Gasteiger partial charge in [-0.25, -0.2) is 4.39 Å². The van der Waals surface area contributed by atoms with E-state index in [9.17, 15) is 4.39 Å². The van der Waals surface area contributed by atoms with E-state index in [0.29, 0.717) is 5.57 Å². The number of allylic oxidation sites excluding steroid dienone is 4. The summed E-state index contributed by atoms with van der Waals surface area (Å²) in [6.07, 6.45) is 2.21. The van der Waals surface area contributed by atoms with E-state index in [1.807, 2.05) is 6.92 Å². The maximum atomic E-state index is 12.6. The largest absolute Gasteiger partial charge is 0.243 e. The summed E-state index contributed by atoms with van der Waals surface area (Å²) in [6, 6.07) is 0. The first-order valence-corrected chi connectivity index (χ1v) is 3.23. The zero-order chi connectivity index (χ0) is 8.15. The van der Waals surface area contributed by atoms with Crippen molar-refractivity contribution >= 4 is 0 Å². The molecule has 0 spiro atoms. The topological polar surface area (TPSA) is 0 Å². The number of rotatable bonds is 3. The molecule has 0 fully saturated rings. The standard InChI is InChI=1S/C9H13F/c1-5-7(3)9(6-2)8(4)10/h5-6,8H,1-2H2,3-4H3/b9-7+. The average molecular weight is 140 g/mol. The first-order valence-electron chi connectivity index (χ1n) is 3.23. The molecule has 0 amide bonds. The Morgan fingerprint density at radius 3 is 2.00 bits per heavy atom. The Hall–Kier alpha value is -0.850. The molecule has 0 aromatic rings. The Bertz CT molecular complexity index is 164. The molecule has 0 radical (unpaired) electrons. The zero-order valence-electron chi connectivity index (χ0n) is 6.52. The highest BCUT2D eigenvalue weighted by Gasteiger charge is 2.03. The van der Waals surface area contributed by atoms with Gasteiger partial charge in [0.25, 0.3) is 0 Å². The maximum Gasteiger partial charge on any atom is 0.123 e. The maximum absolute atomic E-state index is 12.6. The normalized spacial score (nSPS) is 15.5. The molecular weight excluding hydrogens is 127 g/mol. The van der Waals surface area contributed by atoms with Crippen molar-refractivity contribution in [3.63, 3.8) is 0 Å². The van der Waals surface area contributed by atoms with Crippen LogP contribution < -0.4 is 0 Å². The molecule has 0 aliphatic heterocycles. The molecule has 1 atom stereocenters. The molecule has 0 aromatic heterocycles. The summed E-state index contributed by atoms with van der Waals surface area (Å²) in [4.78, 5) is 0. The fourth-order valence-electron chi connectivity index (χ4n) is 0.755. The Kier molecular flexibility index (Phi) is 3.70. The summed E-state index contributed by atoms with van der Waals surface area (Å²) in [7, 11) is 0. The minimum absolute atomic E-state index is 0.620. The second kappa shape index (κ2) is 4.04. The molecule has 0 rings (SSSR count). The number of hydrogen-bond donors (Lipinski definition) is 0. The van der Waals surface area contributed by atoms with Crippen molar-refractivity contribution in [2.24, 2.45) is 0 Å². The van der Waals surface area contributed by atoms with Gasteiger partial charge < -0.3 is 0 Å². The average Bonchev–Trinajstić information content (AvgIpc) is 1.88. The second-order valence-corrected chi connectivity index (χ2v) is 2.16. The molecule has 10 heavy (non-hydrogen) atoms. The minimum Gasteiger partial charge on any atom is -0.243 e. The van der Waals surface area contributed by atoms with Crippen LogP contribution in [0.5, 0.6) is 0 Å². The van der Waals surface area contributed by atoms with Crippen LogP contribution in [-0.4, -0.2) is 6.17 Å². The Balaban J connectivity index is 4.61. The van der Waals surface area contributed by atoms with E-state index in [0.717, 1.165) is 5.57 Å². The first-order chi connectivity index (χ1) is 4.63. The molecule has 0 N–H and O–H groups in total. The fourth-order valence-corrected chi connectivity index (χ4v) is 0.755. The SMILES string of the molecule is C=C/C(C)=C(\C=C)C(C)F. The van der Waals surface area contributed by atoms with Gasteiger partial charge in [-0.3, -0.25) is 0 Å². The van der Waals surface area contributed by atoms with Crippen molar-refractivity contribution in [3.8, 4) is 0 Å². The molecule has 0 aliphatic carbocycles. The predicted molar refractivity (Wildman–Crippen MR) is 43.7 cm³/mol.